The van der Waals surface area contributed by atoms with Gasteiger partial charge in [0.15, 0.2) is 5.78 Å². The fourth-order valence-corrected chi connectivity index (χ4v) is 3.03. The van der Waals surface area contributed by atoms with E-state index in [4.69, 9.17) is 0 Å². The summed E-state index contributed by atoms with van der Waals surface area (Å²) in [7, 11) is 2.12. The van der Waals surface area contributed by atoms with Crippen LogP contribution >= 0.6 is 12.4 Å². The van der Waals surface area contributed by atoms with E-state index in [1.54, 1.807) is 0 Å². The molecule has 0 fully saturated rings. The van der Waals surface area contributed by atoms with E-state index < -0.39 is 0 Å². The third-order valence-electron chi connectivity index (χ3n) is 4.58. The molecule has 0 unspecified atom stereocenters. The van der Waals surface area contributed by atoms with Crippen LogP contribution in [-0.2, 0) is 6.54 Å². The van der Waals surface area contributed by atoms with E-state index in [9.17, 15) is 4.79 Å². The lowest BCUT2D eigenvalue weighted by Crippen LogP contribution is -2.17. The van der Waals surface area contributed by atoms with Crippen LogP contribution in [0, 0.1) is 0 Å². The maximum absolute atomic E-state index is 12.5. The van der Waals surface area contributed by atoms with Gasteiger partial charge in [-0.3, -0.25) is 9.69 Å². The summed E-state index contributed by atoms with van der Waals surface area (Å²) < 4.78 is 0. The largest absolute Gasteiger partial charge is 0.298 e. The first kappa shape index (κ1) is 21.6. The first-order valence-corrected chi connectivity index (χ1v) is 9.26. The molecule has 0 saturated carbocycles. The van der Waals surface area contributed by atoms with Crippen LogP contribution < -0.4 is 0 Å². The zero-order chi connectivity index (χ0) is 19.1. The second-order valence-corrected chi connectivity index (χ2v) is 6.74. The van der Waals surface area contributed by atoms with Gasteiger partial charge in [0.25, 0.3) is 0 Å². The molecule has 0 spiro atoms. The molecular formula is C25H26ClNO. The van der Waals surface area contributed by atoms with E-state index >= 15 is 0 Å². The van der Waals surface area contributed by atoms with Gasteiger partial charge >= 0.3 is 0 Å². The van der Waals surface area contributed by atoms with Crippen LogP contribution in [0.25, 0.3) is 11.1 Å². The number of nitrogens with zero attached hydrogens (tertiary/aromatic N) is 1. The summed E-state index contributed by atoms with van der Waals surface area (Å²) in [5, 5.41) is 0. The van der Waals surface area contributed by atoms with E-state index in [1.165, 1.54) is 5.56 Å². The summed E-state index contributed by atoms with van der Waals surface area (Å²) in [6.07, 6.45) is 4.23. The van der Waals surface area contributed by atoms with Gasteiger partial charge in [-0.2, -0.15) is 0 Å². The second kappa shape index (κ2) is 10.6. The lowest BCUT2D eigenvalue weighted by Gasteiger charge is -2.14. The van der Waals surface area contributed by atoms with E-state index in [2.05, 4.69) is 48.4 Å². The van der Waals surface area contributed by atoms with Crippen molar-refractivity contribution in [3.8, 4) is 11.1 Å². The minimum absolute atomic E-state index is 0. The molecule has 0 amide bonds. The molecule has 0 aliphatic rings. The number of carbonyl (C=O) groups is 1. The molecule has 0 bridgehead atoms. The quantitative estimate of drug-likeness (QED) is 0.363. The molecule has 144 valence electrons. The van der Waals surface area contributed by atoms with Crippen LogP contribution in [0.5, 0.6) is 0 Å². The lowest BCUT2D eigenvalue weighted by atomic mass is 9.99. The third-order valence-corrected chi connectivity index (χ3v) is 4.58. The Hall–Kier alpha value is -2.68. The number of ketones is 1. The molecule has 28 heavy (non-hydrogen) atoms. The Labute approximate surface area is 173 Å². The molecular weight excluding hydrogens is 366 g/mol. The maximum atomic E-state index is 12.5. The zero-order valence-electron chi connectivity index (χ0n) is 16.3. The lowest BCUT2D eigenvalue weighted by molar-refractivity contribution is 0.103. The molecule has 3 rings (SSSR count). The van der Waals surface area contributed by atoms with E-state index in [1.807, 2.05) is 61.5 Å². The zero-order valence-corrected chi connectivity index (χ0v) is 17.2. The number of likely N-dealkylation sites (N-methyl/N-ethyl adjacent to an activating group) is 1. The van der Waals surface area contributed by atoms with Crippen molar-refractivity contribution in [3.05, 3.63) is 108 Å². The SMILES string of the molecule is C/C=C/CN(C)Cc1ccc(-c2ccc(C(=O)c3ccccc3)cc2)cc1.Cl. The molecule has 2 nitrogen and oxygen atoms in total. The van der Waals surface area contributed by atoms with Gasteiger partial charge in [0, 0.05) is 24.2 Å². The molecule has 0 aliphatic carbocycles. The Kier molecular flexibility index (Phi) is 8.19. The summed E-state index contributed by atoms with van der Waals surface area (Å²) in [5.74, 6) is 0.0571. The highest BCUT2D eigenvalue weighted by Gasteiger charge is 2.08. The van der Waals surface area contributed by atoms with Gasteiger partial charge in [-0.25, -0.2) is 0 Å². The fraction of sp³-hybridized carbons (Fsp3) is 0.160. The topological polar surface area (TPSA) is 20.3 Å². The van der Waals surface area contributed by atoms with Gasteiger partial charge < -0.3 is 0 Å². The predicted octanol–water partition coefficient (Wildman–Crippen LogP) is 6.01. The first-order chi connectivity index (χ1) is 13.2. The molecule has 0 heterocycles. The second-order valence-electron chi connectivity index (χ2n) is 6.74. The van der Waals surface area contributed by atoms with Crippen molar-refractivity contribution < 1.29 is 4.79 Å². The van der Waals surface area contributed by atoms with Crippen molar-refractivity contribution in [1.29, 1.82) is 0 Å². The molecule has 3 aromatic rings. The minimum Gasteiger partial charge on any atom is -0.298 e. The van der Waals surface area contributed by atoms with Crippen molar-refractivity contribution in [2.24, 2.45) is 0 Å². The molecule has 0 saturated heterocycles. The van der Waals surface area contributed by atoms with Gasteiger partial charge in [0.2, 0.25) is 0 Å². The Balaban J connectivity index is 0.00000280. The number of hydrogen-bond donors (Lipinski definition) is 0. The molecule has 0 atom stereocenters. The molecule has 0 radical (unpaired) electrons. The van der Waals surface area contributed by atoms with E-state index in [0.29, 0.717) is 5.56 Å². The number of allylic oxidation sites excluding steroid dienone is 1. The number of rotatable bonds is 7. The van der Waals surface area contributed by atoms with Crippen molar-refractivity contribution in [2.75, 3.05) is 13.6 Å². The Morgan fingerprint density at radius 3 is 1.93 bits per heavy atom. The fourth-order valence-electron chi connectivity index (χ4n) is 3.03. The van der Waals surface area contributed by atoms with Crippen LogP contribution in [-0.4, -0.2) is 24.3 Å². The smallest absolute Gasteiger partial charge is 0.193 e. The van der Waals surface area contributed by atoms with Crippen molar-refractivity contribution in [2.45, 2.75) is 13.5 Å². The summed E-state index contributed by atoms with van der Waals surface area (Å²) in [6.45, 7) is 3.92. The average molecular weight is 392 g/mol. The third kappa shape index (κ3) is 5.66. The summed E-state index contributed by atoms with van der Waals surface area (Å²) in [4.78, 5) is 14.8. The molecule has 0 aliphatic heterocycles. The summed E-state index contributed by atoms with van der Waals surface area (Å²) in [5.41, 5.74) is 5.01. The van der Waals surface area contributed by atoms with Crippen molar-refractivity contribution in [3.63, 3.8) is 0 Å². The molecule has 0 aromatic heterocycles. The highest BCUT2D eigenvalue weighted by Crippen LogP contribution is 2.22. The van der Waals surface area contributed by atoms with Crippen LogP contribution in [0.4, 0.5) is 0 Å². The minimum atomic E-state index is 0. The maximum Gasteiger partial charge on any atom is 0.193 e. The van der Waals surface area contributed by atoms with Gasteiger partial charge in [0.05, 0.1) is 0 Å². The van der Waals surface area contributed by atoms with Crippen LogP contribution in [0.2, 0.25) is 0 Å². The molecule has 3 heteroatoms. The Morgan fingerprint density at radius 2 is 1.36 bits per heavy atom. The summed E-state index contributed by atoms with van der Waals surface area (Å²) >= 11 is 0. The molecule has 3 aromatic carbocycles. The van der Waals surface area contributed by atoms with Crippen LogP contribution in [0.15, 0.2) is 91.0 Å². The van der Waals surface area contributed by atoms with E-state index in [-0.39, 0.29) is 18.2 Å². The number of hydrogen-bond acceptors (Lipinski definition) is 2. The highest BCUT2D eigenvalue weighted by molar-refractivity contribution is 6.09. The van der Waals surface area contributed by atoms with Crippen molar-refractivity contribution >= 4 is 18.2 Å². The van der Waals surface area contributed by atoms with Gasteiger partial charge in [-0.15, -0.1) is 12.4 Å². The standard InChI is InChI=1S/C25H25NO.ClH/c1-3-4-18-26(2)19-20-10-12-21(13-11-20)22-14-16-24(17-15-22)25(27)23-8-6-5-7-9-23;/h3-17H,18-19H2,1-2H3;1H/b4-3+;. The monoisotopic (exact) mass is 391 g/mol. The highest BCUT2D eigenvalue weighted by atomic mass is 35.5. The Bertz CT molecular complexity index is 900. The van der Waals surface area contributed by atoms with Crippen LogP contribution in [0.3, 0.4) is 0 Å². The predicted molar refractivity (Wildman–Crippen MR) is 120 cm³/mol. The molecule has 0 N–H and O–H groups in total. The van der Waals surface area contributed by atoms with Gasteiger partial charge in [0.1, 0.15) is 0 Å². The summed E-state index contributed by atoms with van der Waals surface area (Å²) in [6, 6.07) is 25.9. The van der Waals surface area contributed by atoms with Crippen LogP contribution in [0.1, 0.15) is 28.4 Å². The number of benzene rings is 3. The Morgan fingerprint density at radius 1 is 0.821 bits per heavy atom. The number of carbonyl (C=O) groups excluding carboxylic acids is 1. The normalized spacial score (nSPS) is 10.8. The van der Waals surface area contributed by atoms with Gasteiger partial charge in [-0.05, 0) is 30.7 Å². The first-order valence-electron chi connectivity index (χ1n) is 9.26. The van der Waals surface area contributed by atoms with E-state index in [0.717, 1.165) is 29.8 Å². The van der Waals surface area contributed by atoms with Gasteiger partial charge in [-0.1, -0.05) is 91.0 Å². The number of halogens is 1. The van der Waals surface area contributed by atoms with Crippen molar-refractivity contribution in [1.82, 2.24) is 4.90 Å². The average Bonchev–Trinajstić information content (AvgIpc) is 2.73.